The number of benzene rings is 2. The Bertz CT molecular complexity index is 1330. The summed E-state index contributed by atoms with van der Waals surface area (Å²) in [6.45, 7) is 0. The zero-order valence-corrected chi connectivity index (χ0v) is 17.4. The van der Waals surface area contributed by atoms with Crippen LogP contribution in [0.2, 0.25) is 0 Å². The van der Waals surface area contributed by atoms with Crippen molar-refractivity contribution < 1.29 is 17.9 Å². The van der Waals surface area contributed by atoms with E-state index in [-0.39, 0.29) is 16.5 Å². The van der Waals surface area contributed by atoms with Gasteiger partial charge in [-0.1, -0.05) is 35.5 Å². The van der Waals surface area contributed by atoms with Crippen LogP contribution in [0.3, 0.4) is 0 Å². The van der Waals surface area contributed by atoms with Crippen LogP contribution in [-0.4, -0.2) is 26.5 Å². The Kier molecular flexibility index (Phi) is 4.86. The van der Waals surface area contributed by atoms with Crippen molar-refractivity contribution in [3.63, 3.8) is 0 Å². The molecule has 5 rings (SSSR count). The maximum Gasteiger partial charge on any atom is 0.259 e. The van der Waals surface area contributed by atoms with Crippen LogP contribution in [0.1, 0.15) is 34.8 Å². The molecule has 2 aromatic carbocycles. The first-order chi connectivity index (χ1) is 15.0. The van der Waals surface area contributed by atoms with Crippen LogP contribution >= 0.6 is 0 Å². The lowest BCUT2D eigenvalue weighted by atomic mass is 10.0. The highest BCUT2D eigenvalue weighted by molar-refractivity contribution is 7.84. The number of pyridine rings is 1. The van der Waals surface area contributed by atoms with Gasteiger partial charge < -0.3 is 9.84 Å². The number of nitrogens with zero attached hydrogens (tertiary/aromatic N) is 2. The molecule has 1 atom stereocenters. The van der Waals surface area contributed by atoms with E-state index in [1.807, 2.05) is 30.3 Å². The maximum absolute atomic E-state index is 14.2. The second-order valence-corrected chi connectivity index (χ2v) is 8.84. The van der Waals surface area contributed by atoms with Gasteiger partial charge in [0.2, 0.25) is 0 Å². The lowest BCUT2D eigenvalue weighted by Gasteiger charge is -2.10. The van der Waals surface area contributed by atoms with Crippen LogP contribution in [0.25, 0.3) is 22.4 Å². The molecule has 1 saturated carbocycles. The summed E-state index contributed by atoms with van der Waals surface area (Å²) < 4.78 is 31.3. The number of fused-ring (bicyclic) bond motifs is 1. The third-order valence-corrected chi connectivity index (χ3v) is 6.20. The number of halogens is 1. The molecule has 1 aliphatic carbocycles. The molecule has 4 aromatic rings. The lowest BCUT2D eigenvalue weighted by Crippen LogP contribution is -2.13. The average molecular weight is 435 g/mol. The number of amides is 1. The van der Waals surface area contributed by atoms with Crippen LogP contribution in [0.5, 0.6) is 0 Å². The molecule has 31 heavy (non-hydrogen) atoms. The number of hydrogen-bond donors (Lipinski definition) is 1. The van der Waals surface area contributed by atoms with Crippen molar-refractivity contribution in [3.05, 3.63) is 71.7 Å². The highest BCUT2D eigenvalue weighted by Gasteiger charge is 2.32. The predicted octanol–water partition coefficient (Wildman–Crippen LogP) is 4.90. The van der Waals surface area contributed by atoms with E-state index in [9.17, 15) is 13.4 Å². The number of carbonyl (C=O) groups excluding carboxylic acids is 1. The van der Waals surface area contributed by atoms with Crippen molar-refractivity contribution >= 4 is 33.5 Å². The van der Waals surface area contributed by atoms with Crippen LogP contribution in [0.4, 0.5) is 10.1 Å². The van der Waals surface area contributed by atoms with Crippen molar-refractivity contribution in [2.75, 3.05) is 11.6 Å². The van der Waals surface area contributed by atoms with E-state index in [0.29, 0.717) is 22.4 Å². The van der Waals surface area contributed by atoms with Gasteiger partial charge in [-0.25, -0.2) is 9.37 Å². The average Bonchev–Trinajstić information content (AvgIpc) is 3.52. The number of hydrogen-bond acceptors (Lipinski definition) is 5. The van der Waals surface area contributed by atoms with E-state index in [2.05, 4.69) is 15.5 Å². The van der Waals surface area contributed by atoms with Crippen molar-refractivity contribution in [1.82, 2.24) is 10.1 Å². The number of aromatic nitrogens is 2. The topological polar surface area (TPSA) is 85.1 Å². The number of carbonyl (C=O) groups is 1. The highest BCUT2D eigenvalue weighted by Crippen LogP contribution is 2.43. The Morgan fingerprint density at radius 1 is 1.16 bits per heavy atom. The van der Waals surface area contributed by atoms with Gasteiger partial charge in [-0.15, -0.1) is 0 Å². The molecule has 8 heteroatoms. The Balaban J connectivity index is 1.58. The van der Waals surface area contributed by atoms with Gasteiger partial charge in [0.05, 0.1) is 38.0 Å². The number of nitrogens with one attached hydrogen (secondary N) is 1. The van der Waals surface area contributed by atoms with Gasteiger partial charge in [0.1, 0.15) is 5.82 Å². The first-order valence-corrected chi connectivity index (χ1v) is 11.4. The fourth-order valence-electron chi connectivity index (χ4n) is 3.55. The van der Waals surface area contributed by atoms with E-state index in [4.69, 9.17) is 4.52 Å². The van der Waals surface area contributed by atoms with Crippen LogP contribution in [0.15, 0.2) is 64.0 Å². The second kappa shape index (κ2) is 7.70. The van der Waals surface area contributed by atoms with Crippen LogP contribution in [-0.2, 0) is 10.8 Å². The van der Waals surface area contributed by atoms with Gasteiger partial charge in [0.15, 0.2) is 0 Å². The largest absolute Gasteiger partial charge is 0.335 e. The first-order valence-electron chi connectivity index (χ1n) is 9.81. The monoisotopic (exact) mass is 435 g/mol. The summed E-state index contributed by atoms with van der Waals surface area (Å²) in [5.74, 6) is -0.792. The second-order valence-electron chi connectivity index (χ2n) is 7.50. The van der Waals surface area contributed by atoms with Gasteiger partial charge in [-0.2, -0.15) is 0 Å². The minimum absolute atomic E-state index is 0.0886. The zero-order chi connectivity index (χ0) is 21.5. The molecule has 0 aliphatic heterocycles. The Hall–Kier alpha value is -3.39. The summed E-state index contributed by atoms with van der Waals surface area (Å²) >= 11 is 0. The quantitative estimate of drug-likeness (QED) is 0.482. The fraction of sp³-hybridized carbons (Fsp3) is 0.174. The summed E-state index contributed by atoms with van der Waals surface area (Å²) in [4.78, 5) is 17.9. The molecule has 1 fully saturated rings. The van der Waals surface area contributed by atoms with Gasteiger partial charge in [0, 0.05) is 23.4 Å². The molecule has 2 heterocycles. The summed E-state index contributed by atoms with van der Waals surface area (Å²) in [5, 5.41) is 7.50. The molecular weight excluding hydrogens is 417 g/mol. The lowest BCUT2D eigenvalue weighted by molar-refractivity contribution is 0.102. The summed E-state index contributed by atoms with van der Waals surface area (Å²) in [7, 11) is -1.45. The standard InChI is InChI=1S/C23H18FN3O3S/c1-31(29)19-10-9-15(11-17(19)24)25-22(28)16-12-18(13-5-3-2-4-6-13)26-23-20(16)21(27-30-23)14-7-8-14/h2-6,9-12,14H,7-8H2,1H3,(H,25,28). The molecule has 1 unspecified atom stereocenters. The first kappa shape index (κ1) is 19.6. The normalized spacial score (nSPS) is 14.5. The summed E-state index contributed by atoms with van der Waals surface area (Å²) in [5.41, 5.74) is 3.10. The molecule has 1 amide bonds. The molecule has 1 aliphatic rings. The van der Waals surface area contributed by atoms with Gasteiger partial charge >= 0.3 is 0 Å². The van der Waals surface area contributed by atoms with Gasteiger partial charge in [-0.3, -0.25) is 9.00 Å². The summed E-state index contributed by atoms with van der Waals surface area (Å²) in [6, 6.07) is 15.3. The fourth-order valence-corrected chi connectivity index (χ4v) is 4.15. The molecule has 0 saturated heterocycles. The maximum atomic E-state index is 14.2. The molecule has 1 N–H and O–H groups in total. The van der Waals surface area contributed by atoms with Crippen molar-refractivity contribution in [2.24, 2.45) is 0 Å². The van der Waals surface area contributed by atoms with E-state index in [1.54, 1.807) is 6.07 Å². The Morgan fingerprint density at radius 2 is 1.94 bits per heavy atom. The van der Waals surface area contributed by atoms with Gasteiger partial charge in [-0.05, 0) is 37.1 Å². The molecule has 6 nitrogen and oxygen atoms in total. The van der Waals surface area contributed by atoms with Crippen molar-refractivity contribution in [3.8, 4) is 11.3 Å². The molecule has 2 aromatic heterocycles. The van der Waals surface area contributed by atoms with Gasteiger partial charge in [0.25, 0.3) is 11.6 Å². The van der Waals surface area contributed by atoms with E-state index in [0.717, 1.165) is 24.1 Å². The zero-order valence-electron chi connectivity index (χ0n) is 16.6. The third kappa shape index (κ3) is 3.74. The predicted molar refractivity (Wildman–Crippen MR) is 116 cm³/mol. The minimum Gasteiger partial charge on any atom is -0.335 e. The minimum atomic E-state index is -1.45. The van der Waals surface area contributed by atoms with Crippen molar-refractivity contribution in [2.45, 2.75) is 23.7 Å². The van der Waals surface area contributed by atoms with E-state index < -0.39 is 22.5 Å². The smallest absolute Gasteiger partial charge is 0.259 e. The SMILES string of the molecule is CS(=O)c1ccc(NC(=O)c2cc(-c3ccccc3)nc3onc(C4CC4)c23)cc1F. The summed E-state index contributed by atoms with van der Waals surface area (Å²) in [6.07, 6.45) is 3.38. The third-order valence-electron chi connectivity index (χ3n) is 5.25. The van der Waals surface area contributed by atoms with E-state index >= 15 is 0 Å². The molecule has 0 bridgehead atoms. The molecular formula is C23H18FN3O3S. The highest BCUT2D eigenvalue weighted by atomic mass is 32.2. The molecule has 156 valence electrons. The van der Waals surface area contributed by atoms with Crippen LogP contribution in [0, 0.1) is 5.82 Å². The molecule has 0 radical (unpaired) electrons. The van der Waals surface area contributed by atoms with Crippen LogP contribution < -0.4 is 5.32 Å². The van der Waals surface area contributed by atoms with Crippen molar-refractivity contribution in [1.29, 1.82) is 0 Å². The number of anilines is 1. The number of rotatable bonds is 5. The van der Waals surface area contributed by atoms with E-state index in [1.165, 1.54) is 24.5 Å². The Labute approximate surface area is 179 Å². The Morgan fingerprint density at radius 3 is 2.61 bits per heavy atom. The molecule has 0 spiro atoms.